The zero-order valence-corrected chi connectivity index (χ0v) is 13.8. The molecule has 120 valence electrons. The third kappa shape index (κ3) is 3.52. The molecule has 23 heavy (non-hydrogen) atoms. The van der Waals surface area contributed by atoms with E-state index in [1.54, 1.807) is 12.4 Å². The minimum absolute atomic E-state index is 0.190. The number of anilines is 1. The molecule has 1 aliphatic heterocycles. The molecule has 0 N–H and O–H groups in total. The monoisotopic (exact) mass is 309 g/mol. The molecule has 2 aromatic rings. The van der Waals surface area contributed by atoms with Gasteiger partial charge >= 0.3 is 0 Å². The van der Waals surface area contributed by atoms with Crippen LogP contribution in [0, 0.1) is 6.92 Å². The summed E-state index contributed by atoms with van der Waals surface area (Å²) < 4.78 is 0. The average Bonchev–Trinajstić information content (AvgIpc) is 2.56. The second kappa shape index (κ2) is 6.82. The van der Waals surface area contributed by atoms with Crippen molar-refractivity contribution < 1.29 is 4.79 Å². The zero-order valence-electron chi connectivity index (χ0n) is 13.8. The summed E-state index contributed by atoms with van der Waals surface area (Å²) in [7, 11) is 0. The molecule has 3 rings (SSSR count). The van der Waals surface area contributed by atoms with Gasteiger partial charge in [-0.05, 0) is 37.1 Å². The first-order valence-electron chi connectivity index (χ1n) is 8.14. The van der Waals surface area contributed by atoms with Crippen LogP contribution in [-0.4, -0.2) is 41.5 Å². The van der Waals surface area contributed by atoms with E-state index in [1.807, 2.05) is 17.0 Å². The van der Waals surface area contributed by atoms with Gasteiger partial charge in [0.15, 0.2) is 0 Å². The van der Waals surface area contributed by atoms with Gasteiger partial charge in [0.2, 0.25) is 5.91 Å². The number of carbonyl (C=O) groups is 1. The lowest BCUT2D eigenvalue weighted by Gasteiger charge is -2.41. The van der Waals surface area contributed by atoms with Crippen molar-refractivity contribution in [3.63, 3.8) is 0 Å². The van der Waals surface area contributed by atoms with Crippen LogP contribution in [0.3, 0.4) is 0 Å². The number of benzene rings is 1. The molecule has 1 fully saturated rings. The number of amides is 1. The largest absolute Gasteiger partial charge is 0.367 e. The van der Waals surface area contributed by atoms with Gasteiger partial charge in [-0.25, -0.2) is 0 Å². The van der Waals surface area contributed by atoms with Crippen LogP contribution in [0.5, 0.6) is 0 Å². The predicted octanol–water partition coefficient (Wildman–Crippen LogP) is 2.67. The molecule has 1 aromatic carbocycles. The van der Waals surface area contributed by atoms with E-state index >= 15 is 0 Å². The van der Waals surface area contributed by atoms with Crippen LogP contribution in [0.4, 0.5) is 5.69 Å². The minimum Gasteiger partial charge on any atom is -0.367 e. The number of piperazine rings is 1. The molecule has 1 saturated heterocycles. The number of para-hydroxylation sites is 1. The summed E-state index contributed by atoms with van der Waals surface area (Å²) in [5, 5.41) is 0. The summed E-state index contributed by atoms with van der Waals surface area (Å²) >= 11 is 0. The van der Waals surface area contributed by atoms with Crippen LogP contribution in [0.1, 0.15) is 18.1 Å². The molecule has 1 amide bonds. The van der Waals surface area contributed by atoms with Crippen LogP contribution in [-0.2, 0) is 11.2 Å². The molecule has 0 saturated carbocycles. The number of carbonyl (C=O) groups excluding carboxylic acids is 1. The first kappa shape index (κ1) is 15.5. The normalized spacial score (nSPS) is 18.1. The highest BCUT2D eigenvalue weighted by Gasteiger charge is 2.27. The van der Waals surface area contributed by atoms with Crippen molar-refractivity contribution in [2.75, 3.05) is 24.5 Å². The van der Waals surface area contributed by atoms with Crippen molar-refractivity contribution in [3.8, 4) is 0 Å². The molecule has 4 nitrogen and oxygen atoms in total. The van der Waals surface area contributed by atoms with Crippen LogP contribution in [0.25, 0.3) is 0 Å². The maximum absolute atomic E-state index is 12.6. The molecular weight excluding hydrogens is 286 g/mol. The Bertz CT molecular complexity index is 671. The van der Waals surface area contributed by atoms with E-state index in [0.717, 1.165) is 25.2 Å². The standard InChI is InChI=1S/C19H23N3O/c1-15-6-3-4-8-18(15)21-10-11-22(16(2)14-21)19(23)12-17-7-5-9-20-13-17/h3-9,13,16H,10-12,14H2,1-2H3/t16-/m0/s1. The van der Waals surface area contributed by atoms with Crippen LogP contribution >= 0.6 is 0 Å². The minimum atomic E-state index is 0.190. The average molecular weight is 309 g/mol. The molecule has 0 radical (unpaired) electrons. The Balaban J connectivity index is 1.65. The lowest BCUT2D eigenvalue weighted by molar-refractivity contribution is -0.132. The van der Waals surface area contributed by atoms with Gasteiger partial charge in [-0.3, -0.25) is 9.78 Å². The van der Waals surface area contributed by atoms with Gasteiger partial charge in [0.25, 0.3) is 0 Å². The number of rotatable bonds is 3. The second-order valence-corrected chi connectivity index (χ2v) is 6.21. The number of aryl methyl sites for hydroxylation is 1. The summed E-state index contributed by atoms with van der Waals surface area (Å²) in [6.45, 7) is 6.80. The van der Waals surface area contributed by atoms with Crippen LogP contribution in [0.2, 0.25) is 0 Å². The molecule has 0 spiro atoms. The lowest BCUT2D eigenvalue weighted by atomic mass is 10.1. The van der Waals surface area contributed by atoms with E-state index < -0.39 is 0 Å². The van der Waals surface area contributed by atoms with Crippen LogP contribution in [0.15, 0.2) is 48.8 Å². The molecule has 1 aromatic heterocycles. The Hall–Kier alpha value is -2.36. The Labute approximate surface area is 137 Å². The third-order valence-electron chi connectivity index (χ3n) is 4.48. The first-order chi connectivity index (χ1) is 11.1. The fourth-order valence-corrected chi connectivity index (χ4v) is 3.24. The van der Waals surface area contributed by atoms with Crippen molar-refractivity contribution in [3.05, 3.63) is 59.9 Å². The highest BCUT2D eigenvalue weighted by atomic mass is 16.2. The smallest absolute Gasteiger partial charge is 0.227 e. The maximum Gasteiger partial charge on any atom is 0.227 e. The Morgan fingerprint density at radius 3 is 2.74 bits per heavy atom. The van der Waals surface area contributed by atoms with Crippen molar-refractivity contribution in [1.82, 2.24) is 9.88 Å². The highest BCUT2D eigenvalue weighted by molar-refractivity contribution is 5.79. The molecule has 4 heteroatoms. The van der Waals surface area contributed by atoms with E-state index in [1.165, 1.54) is 11.3 Å². The summed E-state index contributed by atoms with van der Waals surface area (Å²) in [6.07, 6.45) is 3.94. The van der Waals surface area contributed by atoms with Gasteiger partial charge in [0.05, 0.1) is 6.42 Å². The molecule has 1 atom stereocenters. The van der Waals surface area contributed by atoms with Gasteiger partial charge < -0.3 is 9.80 Å². The number of nitrogens with zero attached hydrogens (tertiary/aromatic N) is 3. The first-order valence-corrected chi connectivity index (χ1v) is 8.14. The van der Waals surface area contributed by atoms with Gasteiger partial charge in [-0.2, -0.15) is 0 Å². The zero-order chi connectivity index (χ0) is 16.2. The Kier molecular flexibility index (Phi) is 4.60. The number of hydrogen-bond acceptors (Lipinski definition) is 3. The fraction of sp³-hybridized carbons (Fsp3) is 0.368. The SMILES string of the molecule is Cc1ccccc1N1CCN(C(=O)Cc2cccnc2)[C@@H](C)C1. The van der Waals surface area contributed by atoms with Crippen molar-refractivity contribution in [1.29, 1.82) is 0 Å². The molecule has 1 aliphatic rings. The Morgan fingerprint density at radius 2 is 2.04 bits per heavy atom. The lowest BCUT2D eigenvalue weighted by Crippen LogP contribution is -2.54. The van der Waals surface area contributed by atoms with E-state index in [-0.39, 0.29) is 11.9 Å². The summed E-state index contributed by atoms with van der Waals surface area (Å²) in [6, 6.07) is 12.5. The third-order valence-corrected chi connectivity index (χ3v) is 4.48. The molecule has 0 aliphatic carbocycles. The van der Waals surface area contributed by atoms with Gasteiger partial charge in [0, 0.05) is 43.8 Å². The summed E-state index contributed by atoms with van der Waals surface area (Å²) in [5.41, 5.74) is 3.54. The van der Waals surface area contributed by atoms with E-state index in [4.69, 9.17) is 0 Å². The second-order valence-electron chi connectivity index (χ2n) is 6.21. The van der Waals surface area contributed by atoms with Crippen molar-refractivity contribution in [2.45, 2.75) is 26.3 Å². The van der Waals surface area contributed by atoms with Gasteiger partial charge in [-0.1, -0.05) is 24.3 Å². The van der Waals surface area contributed by atoms with E-state index in [2.05, 4.69) is 48.0 Å². The number of hydrogen-bond donors (Lipinski definition) is 0. The molecule has 0 unspecified atom stereocenters. The summed E-state index contributed by atoms with van der Waals surface area (Å²) in [4.78, 5) is 21.0. The van der Waals surface area contributed by atoms with E-state index in [9.17, 15) is 4.79 Å². The molecule has 0 bridgehead atoms. The van der Waals surface area contributed by atoms with Crippen molar-refractivity contribution >= 4 is 11.6 Å². The maximum atomic E-state index is 12.6. The highest BCUT2D eigenvalue weighted by Crippen LogP contribution is 2.23. The summed E-state index contributed by atoms with van der Waals surface area (Å²) in [5.74, 6) is 0.190. The van der Waals surface area contributed by atoms with Gasteiger partial charge in [-0.15, -0.1) is 0 Å². The number of pyridine rings is 1. The Morgan fingerprint density at radius 1 is 1.22 bits per heavy atom. The number of aromatic nitrogens is 1. The van der Waals surface area contributed by atoms with Crippen molar-refractivity contribution in [2.24, 2.45) is 0 Å². The molecular formula is C19H23N3O. The van der Waals surface area contributed by atoms with E-state index in [0.29, 0.717) is 6.42 Å². The molecule has 2 heterocycles. The topological polar surface area (TPSA) is 36.4 Å². The van der Waals surface area contributed by atoms with Gasteiger partial charge in [0.1, 0.15) is 0 Å². The predicted molar refractivity (Wildman–Crippen MR) is 92.5 cm³/mol. The fourth-order valence-electron chi connectivity index (χ4n) is 3.24. The quantitative estimate of drug-likeness (QED) is 0.874. The van der Waals surface area contributed by atoms with Crippen LogP contribution < -0.4 is 4.90 Å².